The lowest BCUT2D eigenvalue weighted by molar-refractivity contribution is 0.0997. The number of nitrogens with one attached hydrogen (secondary N) is 1. The highest BCUT2D eigenvalue weighted by molar-refractivity contribution is 7.15. The molecule has 1 amide bonds. The third-order valence-corrected chi connectivity index (χ3v) is 5.22. The molecule has 0 aliphatic heterocycles. The standard InChI is InChI=1S/C21H16ClN3O4S/c1-27-13-6-8-14(9-7-13)28-12-19-24-25-21(30-19)23-20(26)18-11-10-17(29-18)15-4-2-3-5-16(15)22/h2-11H,12H2,1H3,(H,23,25,26). The second-order valence-corrected chi connectivity index (χ2v) is 7.53. The summed E-state index contributed by atoms with van der Waals surface area (Å²) in [7, 11) is 1.60. The number of furan rings is 1. The second kappa shape index (κ2) is 8.98. The number of halogens is 1. The molecule has 152 valence electrons. The third-order valence-electron chi connectivity index (χ3n) is 4.08. The molecule has 2 aromatic carbocycles. The van der Waals surface area contributed by atoms with E-state index in [1.165, 1.54) is 11.3 Å². The average Bonchev–Trinajstić information content (AvgIpc) is 3.43. The van der Waals surface area contributed by atoms with E-state index in [0.717, 1.165) is 5.75 Å². The van der Waals surface area contributed by atoms with Gasteiger partial charge in [0.2, 0.25) is 5.13 Å². The van der Waals surface area contributed by atoms with Crippen LogP contribution in [0.1, 0.15) is 15.6 Å². The van der Waals surface area contributed by atoms with Crippen molar-refractivity contribution in [2.24, 2.45) is 0 Å². The zero-order chi connectivity index (χ0) is 20.9. The molecular formula is C21H16ClN3O4S. The summed E-state index contributed by atoms with van der Waals surface area (Å²) in [5, 5.41) is 12.2. The van der Waals surface area contributed by atoms with Crippen LogP contribution in [0, 0.1) is 0 Å². The van der Waals surface area contributed by atoms with E-state index in [1.807, 2.05) is 18.2 Å². The molecule has 0 unspecified atom stereocenters. The SMILES string of the molecule is COc1ccc(OCc2nnc(NC(=O)c3ccc(-c4ccccc4Cl)o3)s2)cc1. The van der Waals surface area contributed by atoms with Gasteiger partial charge in [-0.25, -0.2) is 0 Å². The molecule has 0 saturated heterocycles. The largest absolute Gasteiger partial charge is 0.497 e. The molecule has 4 aromatic rings. The van der Waals surface area contributed by atoms with Gasteiger partial charge in [0.05, 0.1) is 12.1 Å². The topological polar surface area (TPSA) is 86.5 Å². The van der Waals surface area contributed by atoms with Gasteiger partial charge in [-0.1, -0.05) is 35.1 Å². The Kier molecular flexibility index (Phi) is 5.97. The Morgan fingerprint density at radius 2 is 1.83 bits per heavy atom. The van der Waals surface area contributed by atoms with Crippen molar-refractivity contribution in [1.29, 1.82) is 0 Å². The lowest BCUT2D eigenvalue weighted by atomic mass is 10.2. The van der Waals surface area contributed by atoms with Crippen molar-refractivity contribution in [2.45, 2.75) is 6.61 Å². The Labute approximate surface area is 181 Å². The van der Waals surface area contributed by atoms with Gasteiger partial charge in [0.25, 0.3) is 5.91 Å². The maximum atomic E-state index is 12.5. The minimum absolute atomic E-state index is 0.149. The number of hydrogen-bond donors (Lipinski definition) is 1. The van der Waals surface area contributed by atoms with Crippen molar-refractivity contribution in [1.82, 2.24) is 10.2 Å². The molecule has 0 bridgehead atoms. The number of ether oxygens (including phenoxy) is 2. The van der Waals surface area contributed by atoms with E-state index >= 15 is 0 Å². The monoisotopic (exact) mass is 441 g/mol. The Bertz CT molecular complexity index is 1160. The number of benzene rings is 2. The van der Waals surface area contributed by atoms with Gasteiger partial charge in [-0.3, -0.25) is 10.1 Å². The van der Waals surface area contributed by atoms with Crippen LogP contribution in [-0.4, -0.2) is 23.2 Å². The van der Waals surface area contributed by atoms with E-state index in [2.05, 4.69) is 15.5 Å². The molecule has 0 saturated carbocycles. The molecule has 4 rings (SSSR count). The van der Waals surface area contributed by atoms with Crippen molar-refractivity contribution < 1.29 is 18.7 Å². The predicted molar refractivity (Wildman–Crippen MR) is 114 cm³/mol. The number of hydrogen-bond acceptors (Lipinski definition) is 7. The zero-order valence-electron chi connectivity index (χ0n) is 15.8. The minimum Gasteiger partial charge on any atom is -0.497 e. The summed E-state index contributed by atoms with van der Waals surface area (Å²) >= 11 is 7.40. The Morgan fingerprint density at radius 1 is 1.07 bits per heavy atom. The van der Waals surface area contributed by atoms with Crippen LogP contribution in [0.15, 0.2) is 65.1 Å². The molecule has 2 aromatic heterocycles. The molecule has 0 radical (unpaired) electrons. The quantitative estimate of drug-likeness (QED) is 0.419. The van der Waals surface area contributed by atoms with Gasteiger partial charge in [-0.15, -0.1) is 10.2 Å². The van der Waals surface area contributed by atoms with Crippen molar-refractivity contribution in [3.63, 3.8) is 0 Å². The van der Waals surface area contributed by atoms with Gasteiger partial charge >= 0.3 is 0 Å². The number of carbonyl (C=O) groups excluding carboxylic acids is 1. The average molecular weight is 442 g/mol. The van der Waals surface area contributed by atoms with Crippen molar-refractivity contribution >= 4 is 34.0 Å². The highest BCUT2D eigenvalue weighted by Gasteiger charge is 2.16. The van der Waals surface area contributed by atoms with Gasteiger partial charge in [0.15, 0.2) is 10.8 Å². The van der Waals surface area contributed by atoms with Crippen molar-refractivity contribution in [2.75, 3.05) is 12.4 Å². The maximum Gasteiger partial charge on any atom is 0.293 e. The normalized spacial score (nSPS) is 10.6. The second-order valence-electron chi connectivity index (χ2n) is 6.06. The summed E-state index contributed by atoms with van der Waals surface area (Å²) in [6.45, 7) is 0.233. The molecular weight excluding hydrogens is 426 g/mol. The number of amides is 1. The summed E-state index contributed by atoms with van der Waals surface area (Å²) in [6, 6.07) is 17.8. The van der Waals surface area contributed by atoms with Crippen molar-refractivity contribution in [3.8, 4) is 22.8 Å². The van der Waals surface area contributed by atoms with E-state index < -0.39 is 5.91 Å². The predicted octanol–water partition coefficient (Wildman–Crippen LogP) is 5.29. The van der Waals surface area contributed by atoms with Crippen molar-refractivity contribution in [3.05, 3.63) is 76.5 Å². The van der Waals surface area contributed by atoms with Gasteiger partial charge in [-0.05, 0) is 48.5 Å². The Balaban J connectivity index is 1.36. The summed E-state index contributed by atoms with van der Waals surface area (Å²) in [6.07, 6.45) is 0. The molecule has 2 heterocycles. The van der Waals surface area contributed by atoms with E-state index in [4.69, 9.17) is 25.5 Å². The molecule has 0 fully saturated rings. The van der Waals surface area contributed by atoms with Gasteiger partial charge in [0, 0.05) is 5.56 Å². The molecule has 7 nitrogen and oxygen atoms in total. The molecule has 0 atom stereocenters. The summed E-state index contributed by atoms with van der Waals surface area (Å²) in [4.78, 5) is 12.5. The van der Waals surface area contributed by atoms with Crippen LogP contribution in [0.4, 0.5) is 5.13 Å². The summed E-state index contributed by atoms with van der Waals surface area (Å²) in [5.74, 6) is 1.66. The van der Waals surface area contributed by atoms with Gasteiger partial charge in [0.1, 0.15) is 23.9 Å². The van der Waals surface area contributed by atoms with Gasteiger partial charge in [-0.2, -0.15) is 0 Å². The number of aromatic nitrogens is 2. The third kappa shape index (κ3) is 4.61. The number of nitrogens with zero attached hydrogens (tertiary/aromatic N) is 2. The zero-order valence-corrected chi connectivity index (χ0v) is 17.4. The summed E-state index contributed by atoms with van der Waals surface area (Å²) in [5.41, 5.74) is 0.715. The van der Waals surface area contributed by atoms with E-state index in [1.54, 1.807) is 49.6 Å². The fraction of sp³-hybridized carbons (Fsp3) is 0.0952. The first kappa shape index (κ1) is 19.9. The molecule has 30 heavy (non-hydrogen) atoms. The van der Waals surface area contributed by atoms with Crippen LogP contribution in [0.2, 0.25) is 5.02 Å². The van der Waals surface area contributed by atoms with E-state index in [9.17, 15) is 4.79 Å². The fourth-order valence-corrected chi connectivity index (χ4v) is 3.48. The molecule has 9 heteroatoms. The molecule has 0 spiro atoms. The Morgan fingerprint density at radius 3 is 2.60 bits per heavy atom. The lowest BCUT2D eigenvalue weighted by Gasteiger charge is -2.04. The highest BCUT2D eigenvalue weighted by atomic mass is 35.5. The summed E-state index contributed by atoms with van der Waals surface area (Å²) < 4.78 is 16.4. The fourth-order valence-electron chi connectivity index (χ4n) is 2.60. The first-order valence-corrected chi connectivity index (χ1v) is 10.1. The maximum absolute atomic E-state index is 12.5. The molecule has 1 N–H and O–H groups in total. The number of anilines is 1. The smallest absolute Gasteiger partial charge is 0.293 e. The van der Waals surface area contributed by atoms with E-state index in [0.29, 0.717) is 32.2 Å². The lowest BCUT2D eigenvalue weighted by Crippen LogP contribution is -2.10. The first-order chi connectivity index (χ1) is 14.6. The first-order valence-electron chi connectivity index (χ1n) is 8.87. The van der Waals surface area contributed by atoms with Crippen LogP contribution >= 0.6 is 22.9 Å². The molecule has 0 aliphatic carbocycles. The number of methoxy groups -OCH3 is 1. The van der Waals surface area contributed by atoms with Crippen LogP contribution in [0.3, 0.4) is 0 Å². The van der Waals surface area contributed by atoms with Crippen LogP contribution in [0.5, 0.6) is 11.5 Å². The number of rotatable bonds is 7. The van der Waals surface area contributed by atoms with E-state index in [-0.39, 0.29) is 12.4 Å². The van der Waals surface area contributed by atoms with Crippen LogP contribution < -0.4 is 14.8 Å². The van der Waals surface area contributed by atoms with Crippen LogP contribution in [0.25, 0.3) is 11.3 Å². The molecule has 0 aliphatic rings. The minimum atomic E-state index is -0.424. The van der Waals surface area contributed by atoms with Crippen LogP contribution in [-0.2, 0) is 6.61 Å². The Hall–Kier alpha value is -3.36. The highest BCUT2D eigenvalue weighted by Crippen LogP contribution is 2.29. The van der Waals surface area contributed by atoms with Gasteiger partial charge < -0.3 is 13.9 Å². The number of carbonyl (C=O) groups is 1.